The van der Waals surface area contributed by atoms with Crippen molar-refractivity contribution in [2.24, 2.45) is 11.7 Å². The molecule has 0 saturated heterocycles. The quantitative estimate of drug-likeness (QED) is 0.902. The van der Waals surface area contributed by atoms with Gasteiger partial charge in [-0.2, -0.15) is 0 Å². The van der Waals surface area contributed by atoms with Crippen LogP contribution in [0.4, 0.5) is 4.39 Å². The molecule has 0 atom stereocenters. The highest BCUT2D eigenvalue weighted by Gasteiger charge is 2.33. The van der Waals surface area contributed by atoms with Crippen LogP contribution in [0.1, 0.15) is 24.0 Å². The maximum Gasteiger partial charge on any atom is 0.225 e. The van der Waals surface area contributed by atoms with Crippen LogP contribution in [0.2, 0.25) is 0 Å². The monoisotopic (exact) mass is 264 g/mol. The maximum atomic E-state index is 13.1. The van der Waals surface area contributed by atoms with Crippen molar-refractivity contribution >= 4 is 5.91 Å². The molecule has 1 aromatic carbocycles. The van der Waals surface area contributed by atoms with Crippen LogP contribution in [-0.4, -0.2) is 30.4 Å². The Morgan fingerprint density at radius 3 is 2.74 bits per heavy atom. The van der Waals surface area contributed by atoms with Crippen LogP contribution in [-0.2, 0) is 11.2 Å². The van der Waals surface area contributed by atoms with Crippen LogP contribution < -0.4 is 5.73 Å². The van der Waals surface area contributed by atoms with E-state index in [1.807, 2.05) is 13.1 Å². The van der Waals surface area contributed by atoms with Crippen LogP contribution in [0.5, 0.6) is 0 Å². The Bertz CT molecular complexity index is 469. The Balaban J connectivity index is 1.84. The molecule has 0 unspecified atom stereocenters. The van der Waals surface area contributed by atoms with E-state index >= 15 is 0 Å². The summed E-state index contributed by atoms with van der Waals surface area (Å²) in [6.45, 7) is 2.42. The first-order valence-electron chi connectivity index (χ1n) is 6.73. The van der Waals surface area contributed by atoms with E-state index in [4.69, 9.17) is 5.73 Å². The van der Waals surface area contributed by atoms with Crippen molar-refractivity contribution in [3.05, 3.63) is 35.1 Å². The molecule has 1 amide bonds. The molecule has 1 aliphatic carbocycles. The van der Waals surface area contributed by atoms with Gasteiger partial charge in [0.1, 0.15) is 5.82 Å². The fourth-order valence-electron chi connectivity index (χ4n) is 2.44. The minimum absolute atomic E-state index is 0.106. The lowest BCUT2D eigenvalue weighted by atomic mass is 9.80. The van der Waals surface area contributed by atoms with Crippen LogP contribution in [0.15, 0.2) is 18.2 Å². The predicted molar refractivity (Wildman–Crippen MR) is 73.2 cm³/mol. The SMILES string of the molecule is Cc1cc(CCN(C)C(=O)C2CC(N)C2)ccc1F. The van der Waals surface area contributed by atoms with Gasteiger partial charge in [0.2, 0.25) is 5.91 Å². The average molecular weight is 264 g/mol. The highest BCUT2D eigenvalue weighted by molar-refractivity contribution is 5.79. The molecule has 104 valence electrons. The summed E-state index contributed by atoms with van der Waals surface area (Å²) in [5, 5.41) is 0. The number of halogens is 1. The Morgan fingerprint density at radius 2 is 2.16 bits per heavy atom. The number of aryl methyl sites for hydroxylation is 1. The van der Waals surface area contributed by atoms with E-state index < -0.39 is 0 Å². The molecule has 0 bridgehead atoms. The standard InChI is InChI=1S/C15H21FN2O/c1-10-7-11(3-4-14(10)16)5-6-18(2)15(19)12-8-13(17)9-12/h3-4,7,12-13H,5-6,8-9,17H2,1-2H3. The van der Waals surface area contributed by atoms with E-state index in [1.165, 1.54) is 6.07 Å². The largest absolute Gasteiger partial charge is 0.345 e. The van der Waals surface area contributed by atoms with Gasteiger partial charge in [-0.15, -0.1) is 0 Å². The molecule has 0 heterocycles. The third-order valence-corrected chi connectivity index (χ3v) is 3.86. The first-order chi connectivity index (χ1) is 8.97. The van der Waals surface area contributed by atoms with E-state index in [2.05, 4.69) is 0 Å². The summed E-state index contributed by atoms with van der Waals surface area (Å²) in [6.07, 6.45) is 2.36. The van der Waals surface area contributed by atoms with Gasteiger partial charge in [-0.3, -0.25) is 4.79 Å². The second kappa shape index (κ2) is 5.70. The Kier molecular flexibility index (Phi) is 4.20. The number of rotatable bonds is 4. The van der Waals surface area contributed by atoms with Crippen LogP contribution in [0, 0.1) is 18.7 Å². The third kappa shape index (κ3) is 3.32. The van der Waals surface area contributed by atoms with E-state index in [-0.39, 0.29) is 23.7 Å². The lowest BCUT2D eigenvalue weighted by molar-refractivity contribution is -0.137. The number of carbonyl (C=O) groups is 1. The number of amides is 1. The minimum Gasteiger partial charge on any atom is -0.345 e. The summed E-state index contributed by atoms with van der Waals surface area (Å²) in [5.41, 5.74) is 7.41. The smallest absolute Gasteiger partial charge is 0.225 e. The minimum atomic E-state index is -0.184. The summed E-state index contributed by atoms with van der Waals surface area (Å²) in [4.78, 5) is 13.8. The van der Waals surface area contributed by atoms with Gasteiger partial charge in [-0.1, -0.05) is 12.1 Å². The van der Waals surface area contributed by atoms with Gasteiger partial charge in [-0.25, -0.2) is 4.39 Å². The molecule has 1 fully saturated rings. The van der Waals surface area contributed by atoms with Crippen molar-refractivity contribution in [2.45, 2.75) is 32.2 Å². The first-order valence-corrected chi connectivity index (χ1v) is 6.73. The van der Waals surface area contributed by atoms with Crippen molar-refractivity contribution in [2.75, 3.05) is 13.6 Å². The molecule has 1 aliphatic rings. The Morgan fingerprint density at radius 1 is 1.47 bits per heavy atom. The molecule has 0 aliphatic heterocycles. The van der Waals surface area contributed by atoms with Gasteiger partial charge in [0.25, 0.3) is 0 Å². The number of benzene rings is 1. The lowest BCUT2D eigenvalue weighted by Gasteiger charge is -2.34. The van der Waals surface area contributed by atoms with E-state index in [9.17, 15) is 9.18 Å². The van der Waals surface area contributed by atoms with Crippen LogP contribution in [0.25, 0.3) is 0 Å². The topological polar surface area (TPSA) is 46.3 Å². The van der Waals surface area contributed by atoms with E-state index in [1.54, 1.807) is 17.9 Å². The zero-order chi connectivity index (χ0) is 14.0. The zero-order valence-corrected chi connectivity index (χ0v) is 11.5. The Hall–Kier alpha value is -1.42. The maximum absolute atomic E-state index is 13.1. The third-order valence-electron chi connectivity index (χ3n) is 3.86. The fourth-order valence-corrected chi connectivity index (χ4v) is 2.44. The number of nitrogens with zero attached hydrogens (tertiary/aromatic N) is 1. The van der Waals surface area contributed by atoms with Gasteiger partial charge in [0, 0.05) is 25.6 Å². The normalized spacial score (nSPS) is 21.9. The van der Waals surface area contributed by atoms with Crippen molar-refractivity contribution < 1.29 is 9.18 Å². The van der Waals surface area contributed by atoms with Crippen molar-refractivity contribution in [3.8, 4) is 0 Å². The molecular weight excluding hydrogens is 243 g/mol. The van der Waals surface area contributed by atoms with Gasteiger partial charge in [-0.05, 0) is 43.4 Å². The first kappa shape index (κ1) is 14.0. The van der Waals surface area contributed by atoms with Gasteiger partial charge >= 0.3 is 0 Å². The highest BCUT2D eigenvalue weighted by Crippen LogP contribution is 2.27. The predicted octanol–water partition coefficient (Wildman–Crippen LogP) is 1.87. The summed E-state index contributed by atoms with van der Waals surface area (Å²) in [7, 11) is 1.82. The van der Waals surface area contributed by atoms with Gasteiger partial charge in [0.15, 0.2) is 0 Å². The molecule has 0 spiro atoms. The number of nitrogens with two attached hydrogens (primary N) is 1. The molecular formula is C15H21FN2O. The summed E-state index contributed by atoms with van der Waals surface area (Å²) in [5.74, 6) is 0.104. The fraction of sp³-hybridized carbons (Fsp3) is 0.533. The molecule has 2 N–H and O–H groups in total. The van der Waals surface area contributed by atoms with Gasteiger partial charge in [0.05, 0.1) is 0 Å². The zero-order valence-electron chi connectivity index (χ0n) is 11.5. The van der Waals surface area contributed by atoms with Crippen molar-refractivity contribution in [1.82, 2.24) is 4.90 Å². The molecule has 0 radical (unpaired) electrons. The van der Waals surface area contributed by atoms with Crippen molar-refractivity contribution in [3.63, 3.8) is 0 Å². The summed E-state index contributed by atoms with van der Waals surface area (Å²) in [6, 6.07) is 5.30. The van der Waals surface area contributed by atoms with Crippen molar-refractivity contribution in [1.29, 1.82) is 0 Å². The molecule has 19 heavy (non-hydrogen) atoms. The second-order valence-electron chi connectivity index (χ2n) is 5.52. The number of carbonyl (C=O) groups excluding carboxylic acids is 1. The number of hydrogen-bond acceptors (Lipinski definition) is 2. The number of hydrogen-bond donors (Lipinski definition) is 1. The molecule has 3 nitrogen and oxygen atoms in total. The molecule has 2 rings (SSSR count). The molecule has 1 aromatic rings. The second-order valence-corrected chi connectivity index (χ2v) is 5.52. The van der Waals surface area contributed by atoms with Crippen LogP contribution in [0.3, 0.4) is 0 Å². The molecule has 4 heteroatoms. The summed E-state index contributed by atoms with van der Waals surface area (Å²) < 4.78 is 13.1. The highest BCUT2D eigenvalue weighted by atomic mass is 19.1. The average Bonchev–Trinajstić information content (AvgIpc) is 2.35. The molecule has 0 aromatic heterocycles. The number of likely N-dealkylation sites (N-methyl/N-ethyl adjacent to an activating group) is 1. The van der Waals surface area contributed by atoms with E-state index in [0.29, 0.717) is 12.1 Å². The molecule has 1 saturated carbocycles. The van der Waals surface area contributed by atoms with Gasteiger partial charge < -0.3 is 10.6 Å². The van der Waals surface area contributed by atoms with E-state index in [0.717, 1.165) is 24.8 Å². The lowest BCUT2D eigenvalue weighted by Crippen LogP contribution is -2.46. The van der Waals surface area contributed by atoms with Crippen LogP contribution >= 0.6 is 0 Å². The Labute approximate surface area is 113 Å². The summed E-state index contributed by atoms with van der Waals surface area (Å²) >= 11 is 0.